The first-order valence-electron chi connectivity index (χ1n) is 7.97. The number of imide groups is 2. The van der Waals surface area contributed by atoms with Gasteiger partial charge in [-0.2, -0.15) is 0 Å². The Morgan fingerprint density at radius 3 is 2.25 bits per heavy atom. The van der Waals surface area contributed by atoms with Crippen LogP contribution in [0.2, 0.25) is 0 Å². The van der Waals surface area contributed by atoms with Crippen LogP contribution >= 0.6 is 22.6 Å². The molecule has 6 nitrogen and oxygen atoms in total. The van der Waals surface area contributed by atoms with Gasteiger partial charge in [-0.05, 0) is 47.6 Å². The van der Waals surface area contributed by atoms with Gasteiger partial charge in [0, 0.05) is 15.2 Å². The Hall–Kier alpha value is -1.77. The molecular weight excluding hydrogens is 423 g/mol. The number of halogens is 1. The summed E-state index contributed by atoms with van der Waals surface area (Å²) < 4.78 is 0.983. The third-order valence-corrected chi connectivity index (χ3v) is 5.21. The van der Waals surface area contributed by atoms with Crippen LogP contribution in [0, 0.1) is 3.57 Å². The van der Waals surface area contributed by atoms with E-state index in [9.17, 15) is 19.2 Å². The fourth-order valence-corrected chi connectivity index (χ4v) is 3.55. The van der Waals surface area contributed by atoms with Crippen molar-refractivity contribution in [3.05, 3.63) is 33.4 Å². The standard InChI is InChI=1S/C17H17IN2O4/c18-12-8-6-11(7-9-12)14(21)10-19-15(22)16(23)20(17(19)24)13-4-2-1-3-5-13/h6-9,13H,1-5,10H2. The second kappa shape index (κ2) is 7.00. The first kappa shape index (κ1) is 17.1. The van der Waals surface area contributed by atoms with Crippen molar-refractivity contribution in [2.75, 3.05) is 6.54 Å². The van der Waals surface area contributed by atoms with E-state index in [0.717, 1.165) is 45.5 Å². The summed E-state index contributed by atoms with van der Waals surface area (Å²) >= 11 is 2.13. The Morgan fingerprint density at radius 2 is 1.62 bits per heavy atom. The zero-order chi connectivity index (χ0) is 17.3. The summed E-state index contributed by atoms with van der Waals surface area (Å²) in [5.41, 5.74) is 0.416. The van der Waals surface area contributed by atoms with Crippen LogP contribution in [0.15, 0.2) is 24.3 Å². The SMILES string of the molecule is O=C(CN1C(=O)C(=O)N(C2CCCCC2)C1=O)c1ccc(I)cc1. The molecule has 4 amide bonds. The number of hydrogen-bond acceptors (Lipinski definition) is 4. The van der Waals surface area contributed by atoms with Crippen LogP contribution in [-0.2, 0) is 9.59 Å². The quantitative estimate of drug-likeness (QED) is 0.312. The maximum Gasteiger partial charge on any atom is 0.334 e. The number of rotatable bonds is 4. The van der Waals surface area contributed by atoms with Gasteiger partial charge in [-0.1, -0.05) is 31.4 Å². The van der Waals surface area contributed by atoms with E-state index in [2.05, 4.69) is 22.6 Å². The van der Waals surface area contributed by atoms with Gasteiger partial charge in [-0.3, -0.25) is 19.3 Å². The minimum Gasteiger partial charge on any atom is -0.292 e. The number of Topliss-reactive ketones (excluding diaryl/α,β-unsaturated/α-hetero) is 1. The van der Waals surface area contributed by atoms with E-state index in [4.69, 9.17) is 0 Å². The van der Waals surface area contributed by atoms with Gasteiger partial charge in [0.15, 0.2) is 5.78 Å². The highest BCUT2D eigenvalue weighted by atomic mass is 127. The van der Waals surface area contributed by atoms with E-state index in [1.807, 2.05) is 0 Å². The first-order valence-corrected chi connectivity index (χ1v) is 9.04. The van der Waals surface area contributed by atoms with E-state index in [-0.39, 0.29) is 11.8 Å². The van der Waals surface area contributed by atoms with Crippen molar-refractivity contribution in [3.8, 4) is 0 Å². The van der Waals surface area contributed by atoms with Crippen molar-refractivity contribution in [2.45, 2.75) is 38.1 Å². The van der Waals surface area contributed by atoms with Crippen molar-refractivity contribution in [1.29, 1.82) is 0 Å². The summed E-state index contributed by atoms with van der Waals surface area (Å²) in [4.78, 5) is 51.0. The van der Waals surface area contributed by atoms with Gasteiger partial charge < -0.3 is 0 Å². The van der Waals surface area contributed by atoms with Gasteiger partial charge >= 0.3 is 17.8 Å². The molecule has 1 aromatic carbocycles. The molecule has 0 N–H and O–H groups in total. The summed E-state index contributed by atoms with van der Waals surface area (Å²) in [6, 6.07) is 5.98. The number of urea groups is 1. The topological polar surface area (TPSA) is 74.8 Å². The second-order valence-corrected chi connectivity index (χ2v) is 7.32. The molecule has 0 radical (unpaired) electrons. The molecule has 0 atom stereocenters. The number of carbonyl (C=O) groups excluding carboxylic acids is 4. The molecule has 2 fully saturated rings. The largest absolute Gasteiger partial charge is 0.334 e. The lowest BCUT2D eigenvalue weighted by atomic mass is 9.94. The van der Waals surface area contributed by atoms with Gasteiger partial charge in [0.25, 0.3) is 0 Å². The van der Waals surface area contributed by atoms with Crippen LogP contribution < -0.4 is 0 Å². The number of carbonyl (C=O) groups is 4. The summed E-state index contributed by atoms with van der Waals surface area (Å²) in [6.45, 7) is -0.396. The molecule has 24 heavy (non-hydrogen) atoms. The normalized spacial score (nSPS) is 19.3. The molecule has 0 aromatic heterocycles. The zero-order valence-corrected chi connectivity index (χ0v) is 15.2. The van der Waals surface area contributed by atoms with Crippen LogP contribution in [0.25, 0.3) is 0 Å². The molecular formula is C17H17IN2O4. The van der Waals surface area contributed by atoms with Crippen molar-refractivity contribution in [3.63, 3.8) is 0 Å². The lowest BCUT2D eigenvalue weighted by molar-refractivity contribution is -0.144. The molecule has 1 aromatic rings. The molecule has 2 aliphatic rings. The predicted molar refractivity (Wildman–Crippen MR) is 94.3 cm³/mol. The van der Waals surface area contributed by atoms with E-state index in [1.54, 1.807) is 24.3 Å². The Kier molecular flexibility index (Phi) is 4.98. The molecule has 7 heteroatoms. The fraction of sp³-hybridized carbons (Fsp3) is 0.412. The smallest absolute Gasteiger partial charge is 0.292 e. The van der Waals surface area contributed by atoms with E-state index in [1.165, 1.54) is 0 Å². The highest BCUT2D eigenvalue weighted by Crippen LogP contribution is 2.27. The zero-order valence-electron chi connectivity index (χ0n) is 13.0. The number of ketones is 1. The number of nitrogens with zero attached hydrogens (tertiary/aromatic N) is 2. The Balaban J connectivity index is 1.74. The summed E-state index contributed by atoms with van der Waals surface area (Å²) in [6.07, 6.45) is 4.41. The van der Waals surface area contributed by atoms with Gasteiger partial charge in [0.1, 0.15) is 0 Å². The first-order chi connectivity index (χ1) is 11.5. The van der Waals surface area contributed by atoms with Gasteiger partial charge in [0.05, 0.1) is 6.54 Å². The molecule has 1 aliphatic carbocycles. The van der Waals surface area contributed by atoms with Crippen molar-refractivity contribution in [1.82, 2.24) is 9.80 Å². The highest BCUT2D eigenvalue weighted by molar-refractivity contribution is 14.1. The molecule has 1 saturated heterocycles. The lowest BCUT2D eigenvalue weighted by Gasteiger charge is -2.28. The highest BCUT2D eigenvalue weighted by Gasteiger charge is 2.48. The van der Waals surface area contributed by atoms with Gasteiger partial charge in [-0.25, -0.2) is 9.69 Å². The maximum atomic E-state index is 12.5. The number of hydrogen-bond donors (Lipinski definition) is 0. The fourth-order valence-electron chi connectivity index (χ4n) is 3.19. The average Bonchev–Trinajstić information content (AvgIpc) is 2.80. The van der Waals surface area contributed by atoms with Crippen molar-refractivity contribution < 1.29 is 19.2 Å². The minimum atomic E-state index is -0.899. The second-order valence-electron chi connectivity index (χ2n) is 6.07. The summed E-state index contributed by atoms with van der Waals surface area (Å²) in [5.74, 6) is -2.06. The summed E-state index contributed by atoms with van der Waals surface area (Å²) in [7, 11) is 0. The lowest BCUT2D eigenvalue weighted by Crippen LogP contribution is -2.43. The summed E-state index contributed by atoms with van der Waals surface area (Å²) in [5, 5.41) is 0. The monoisotopic (exact) mass is 440 g/mol. The van der Waals surface area contributed by atoms with Crippen LogP contribution in [0.5, 0.6) is 0 Å². The van der Waals surface area contributed by atoms with Crippen molar-refractivity contribution in [2.24, 2.45) is 0 Å². The van der Waals surface area contributed by atoms with E-state index < -0.39 is 24.4 Å². The van der Waals surface area contributed by atoms with Crippen LogP contribution in [-0.4, -0.2) is 46.0 Å². The maximum absolute atomic E-state index is 12.5. The van der Waals surface area contributed by atoms with Crippen molar-refractivity contribution >= 4 is 46.2 Å². The van der Waals surface area contributed by atoms with E-state index >= 15 is 0 Å². The predicted octanol–water partition coefficient (Wildman–Crippen LogP) is 2.60. The number of amides is 4. The van der Waals surface area contributed by atoms with Gasteiger partial charge in [-0.15, -0.1) is 0 Å². The van der Waals surface area contributed by atoms with Crippen LogP contribution in [0.1, 0.15) is 42.5 Å². The third kappa shape index (κ3) is 3.22. The Morgan fingerprint density at radius 1 is 1.00 bits per heavy atom. The molecule has 126 valence electrons. The Bertz CT molecular complexity index is 695. The molecule has 1 aliphatic heterocycles. The van der Waals surface area contributed by atoms with Crippen LogP contribution in [0.4, 0.5) is 4.79 Å². The van der Waals surface area contributed by atoms with Crippen LogP contribution in [0.3, 0.4) is 0 Å². The molecule has 0 unspecified atom stereocenters. The molecule has 3 rings (SSSR count). The average molecular weight is 440 g/mol. The molecule has 1 heterocycles. The van der Waals surface area contributed by atoms with E-state index in [0.29, 0.717) is 5.56 Å². The molecule has 0 spiro atoms. The molecule has 0 bridgehead atoms. The van der Waals surface area contributed by atoms with Gasteiger partial charge in [0.2, 0.25) is 0 Å². The number of benzene rings is 1. The third-order valence-electron chi connectivity index (χ3n) is 4.49. The molecule has 1 saturated carbocycles. The Labute approximate surface area is 153 Å². The minimum absolute atomic E-state index is 0.221.